The van der Waals surface area contributed by atoms with Crippen LogP contribution in [0.5, 0.6) is 0 Å². The van der Waals surface area contributed by atoms with E-state index in [1.165, 1.54) is 25.7 Å². The van der Waals surface area contributed by atoms with Crippen molar-refractivity contribution >= 4 is 11.6 Å². The predicted molar refractivity (Wildman–Crippen MR) is 111 cm³/mol. The predicted octanol–water partition coefficient (Wildman–Crippen LogP) is 6.57. The summed E-state index contributed by atoms with van der Waals surface area (Å²) in [7, 11) is 0. The van der Waals surface area contributed by atoms with Crippen molar-refractivity contribution in [1.82, 2.24) is 0 Å². The van der Waals surface area contributed by atoms with Crippen LogP contribution in [0, 0.1) is 47.3 Å². The average Bonchev–Trinajstić information content (AvgIpc) is 2.54. The van der Waals surface area contributed by atoms with Gasteiger partial charge in [-0.2, -0.15) is 0 Å². The molecule has 0 heterocycles. The molecule has 0 unspecified atom stereocenters. The van der Waals surface area contributed by atoms with Gasteiger partial charge in [0.15, 0.2) is 0 Å². The lowest BCUT2D eigenvalue weighted by Gasteiger charge is -2.35. The first-order valence-corrected chi connectivity index (χ1v) is 11.0. The second-order valence-electron chi connectivity index (χ2n) is 10.1. The van der Waals surface area contributed by atoms with Crippen LogP contribution in [-0.4, -0.2) is 11.6 Å². The Hall–Kier alpha value is -0.660. The molecule has 152 valence electrons. The summed E-state index contributed by atoms with van der Waals surface area (Å²) in [6.45, 7) is 17.1. The first kappa shape index (κ1) is 23.4. The van der Waals surface area contributed by atoms with Gasteiger partial charge in [0.1, 0.15) is 11.6 Å². The summed E-state index contributed by atoms with van der Waals surface area (Å²) in [5, 5.41) is 0. The number of Topliss-reactive ketones (excluding diaryl/α,β-unsaturated/α-hetero) is 2. The highest BCUT2D eigenvalue weighted by molar-refractivity contribution is 5.79. The quantitative estimate of drug-likeness (QED) is 0.565. The van der Waals surface area contributed by atoms with Gasteiger partial charge in [-0.1, -0.05) is 54.4 Å². The molecule has 2 aliphatic carbocycles. The van der Waals surface area contributed by atoms with Crippen LogP contribution in [-0.2, 0) is 9.59 Å². The first-order valence-electron chi connectivity index (χ1n) is 11.0. The van der Waals surface area contributed by atoms with Crippen molar-refractivity contribution in [3.05, 3.63) is 0 Å². The fourth-order valence-corrected chi connectivity index (χ4v) is 5.34. The number of carbonyl (C=O) groups excluding carboxylic acids is 2. The van der Waals surface area contributed by atoms with Crippen molar-refractivity contribution < 1.29 is 9.59 Å². The van der Waals surface area contributed by atoms with E-state index in [1.54, 1.807) is 13.8 Å². The van der Waals surface area contributed by atoms with Crippen LogP contribution in [0.4, 0.5) is 0 Å². The third-order valence-electron chi connectivity index (χ3n) is 7.09. The lowest BCUT2D eigenvalue weighted by Crippen LogP contribution is -2.32. The highest BCUT2D eigenvalue weighted by Gasteiger charge is 2.34. The van der Waals surface area contributed by atoms with Gasteiger partial charge in [-0.25, -0.2) is 0 Å². The Labute approximate surface area is 162 Å². The molecule has 2 nitrogen and oxygen atoms in total. The van der Waals surface area contributed by atoms with E-state index in [0.29, 0.717) is 47.1 Å². The van der Waals surface area contributed by atoms with Crippen LogP contribution in [0.2, 0.25) is 0 Å². The second-order valence-corrected chi connectivity index (χ2v) is 10.1. The number of rotatable bonds is 4. The normalized spacial score (nSPS) is 35.0. The lowest BCUT2D eigenvalue weighted by atomic mass is 9.69. The first-order chi connectivity index (χ1) is 12.0. The van der Waals surface area contributed by atoms with Crippen LogP contribution in [0.3, 0.4) is 0 Å². The minimum atomic E-state index is 0.351. The maximum absolute atomic E-state index is 11.5. The molecule has 0 aromatic heterocycles. The molecule has 0 N–H and O–H groups in total. The summed E-state index contributed by atoms with van der Waals surface area (Å²) in [5.41, 5.74) is 0. The molecular weight excluding hydrogens is 320 g/mol. The van der Waals surface area contributed by atoms with Crippen LogP contribution in [0.25, 0.3) is 0 Å². The van der Waals surface area contributed by atoms with Crippen LogP contribution < -0.4 is 0 Å². The zero-order valence-electron chi connectivity index (χ0n) is 18.7. The van der Waals surface area contributed by atoms with Gasteiger partial charge in [-0.15, -0.1) is 0 Å². The molecule has 0 radical (unpaired) electrons. The molecule has 0 amide bonds. The zero-order chi connectivity index (χ0) is 20.0. The molecule has 26 heavy (non-hydrogen) atoms. The second kappa shape index (κ2) is 10.6. The van der Waals surface area contributed by atoms with E-state index in [-0.39, 0.29) is 0 Å². The zero-order valence-corrected chi connectivity index (χ0v) is 18.7. The molecule has 2 fully saturated rings. The van der Waals surface area contributed by atoms with Crippen LogP contribution in [0.1, 0.15) is 93.9 Å². The van der Waals surface area contributed by atoms with E-state index in [1.807, 2.05) is 0 Å². The molecule has 2 aliphatic rings. The van der Waals surface area contributed by atoms with Gasteiger partial charge in [0.25, 0.3) is 0 Å². The SMILES string of the molecule is CC(=O)[C@@H]1C[C@H](C)CC[C@H]1C(C)C.CC(=O)[C@H]1C[C@H](C)CC[C@H]1C(C)C. The molecular formula is C24H44O2. The Kier molecular flexibility index (Phi) is 9.55. The summed E-state index contributed by atoms with van der Waals surface area (Å²) >= 11 is 0. The van der Waals surface area contributed by atoms with E-state index < -0.39 is 0 Å². The van der Waals surface area contributed by atoms with Crippen molar-refractivity contribution in [1.29, 1.82) is 0 Å². The van der Waals surface area contributed by atoms with E-state index in [2.05, 4.69) is 41.5 Å². The molecule has 2 saturated carbocycles. The monoisotopic (exact) mass is 364 g/mol. The van der Waals surface area contributed by atoms with Gasteiger partial charge in [0, 0.05) is 11.8 Å². The number of hydrogen-bond donors (Lipinski definition) is 0. The molecule has 6 atom stereocenters. The Morgan fingerprint density at radius 2 is 0.962 bits per heavy atom. The summed E-state index contributed by atoms with van der Waals surface area (Å²) in [4.78, 5) is 22.9. The fraction of sp³-hybridized carbons (Fsp3) is 0.917. The van der Waals surface area contributed by atoms with Crippen molar-refractivity contribution in [3.8, 4) is 0 Å². The molecule has 2 rings (SSSR count). The molecule has 0 aliphatic heterocycles. The minimum absolute atomic E-state index is 0.351. The largest absolute Gasteiger partial charge is 0.300 e. The topological polar surface area (TPSA) is 34.1 Å². The van der Waals surface area contributed by atoms with Crippen molar-refractivity contribution in [2.75, 3.05) is 0 Å². The Morgan fingerprint density at radius 1 is 0.654 bits per heavy atom. The average molecular weight is 365 g/mol. The fourth-order valence-electron chi connectivity index (χ4n) is 5.34. The summed E-state index contributed by atoms with van der Waals surface area (Å²) < 4.78 is 0. The van der Waals surface area contributed by atoms with Crippen LogP contribution in [0.15, 0.2) is 0 Å². The molecule has 0 saturated heterocycles. The number of ketones is 2. The standard InChI is InChI=1S/2C12H22O/c2*1-8(2)11-6-5-9(3)7-12(11)10(4)13/h2*8-9,11-12H,5-7H2,1-4H3/t9-,11+,12+;9-,11+,12-/m11/s1. The third-order valence-corrected chi connectivity index (χ3v) is 7.09. The summed E-state index contributed by atoms with van der Waals surface area (Å²) in [6, 6.07) is 0. The van der Waals surface area contributed by atoms with Crippen molar-refractivity contribution in [2.45, 2.75) is 93.9 Å². The van der Waals surface area contributed by atoms with Gasteiger partial charge >= 0.3 is 0 Å². The maximum Gasteiger partial charge on any atom is 0.133 e. The Balaban J connectivity index is 0.000000260. The van der Waals surface area contributed by atoms with E-state index in [9.17, 15) is 9.59 Å². The highest BCUT2D eigenvalue weighted by Crippen LogP contribution is 2.39. The van der Waals surface area contributed by atoms with Crippen LogP contribution >= 0.6 is 0 Å². The van der Waals surface area contributed by atoms with Gasteiger partial charge in [0.2, 0.25) is 0 Å². The Morgan fingerprint density at radius 3 is 1.19 bits per heavy atom. The molecule has 0 aromatic carbocycles. The van der Waals surface area contributed by atoms with Gasteiger partial charge in [0.05, 0.1) is 0 Å². The van der Waals surface area contributed by atoms with Gasteiger partial charge < -0.3 is 0 Å². The smallest absolute Gasteiger partial charge is 0.133 e. The molecule has 0 aromatic rings. The van der Waals surface area contributed by atoms with Gasteiger partial charge in [-0.05, 0) is 75.0 Å². The molecule has 0 spiro atoms. The summed E-state index contributed by atoms with van der Waals surface area (Å²) in [5.74, 6) is 5.65. The van der Waals surface area contributed by atoms with E-state index in [4.69, 9.17) is 0 Å². The Bertz CT molecular complexity index is 409. The molecule has 2 heteroatoms. The lowest BCUT2D eigenvalue weighted by molar-refractivity contribution is -0.125. The maximum atomic E-state index is 11.5. The van der Waals surface area contributed by atoms with Gasteiger partial charge in [-0.3, -0.25) is 9.59 Å². The van der Waals surface area contributed by atoms with Crippen molar-refractivity contribution in [3.63, 3.8) is 0 Å². The van der Waals surface area contributed by atoms with E-state index >= 15 is 0 Å². The number of hydrogen-bond acceptors (Lipinski definition) is 2. The minimum Gasteiger partial charge on any atom is -0.300 e. The molecule has 0 bridgehead atoms. The third kappa shape index (κ3) is 6.82. The summed E-state index contributed by atoms with van der Waals surface area (Å²) in [6.07, 6.45) is 7.38. The van der Waals surface area contributed by atoms with Crippen molar-refractivity contribution in [2.24, 2.45) is 47.3 Å². The highest BCUT2D eigenvalue weighted by atomic mass is 16.1. The number of carbonyl (C=O) groups is 2. The van der Waals surface area contributed by atoms with E-state index in [0.717, 1.165) is 24.7 Å².